The molecule has 32 heavy (non-hydrogen) atoms. The second-order valence-electron chi connectivity index (χ2n) is 10.2. The molecule has 0 atom stereocenters. The highest BCUT2D eigenvalue weighted by Crippen LogP contribution is 2.11. The number of carbonyl (C=O) groups is 2. The summed E-state index contributed by atoms with van der Waals surface area (Å²) in [5.74, 6) is -0.203. The lowest BCUT2D eigenvalue weighted by atomic mass is 10.1. The molecule has 0 saturated heterocycles. The van der Waals surface area contributed by atoms with Gasteiger partial charge in [0.25, 0.3) is 0 Å². The van der Waals surface area contributed by atoms with Crippen LogP contribution in [0.1, 0.15) is 85.8 Å². The summed E-state index contributed by atoms with van der Waals surface area (Å²) in [5.41, 5.74) is 0.0120. The minimum atomic E-state index is -0.480. The van der Waals surface area contributed by atoms with Crippen LogP contribution in [-0.2, 0) is 20.8 Å². The number of carbonyl (C=O) groups excluding carboxylic acids is 2. The molecule has 1 rings (SSSR count). The van der Waals surface area contributed by atoms with Gasteiger partial charge in [0, 0.05) is 19.3 Å². The predicted molar refractivity (Wildman–Crippen MR) is 127 cm³/mol. The van der Waals surface area contributed by atoms with Crippen molar-refractivity contribution in [2.24, 2.45) is 0 Å². The lowest BCUT2D eigenvalue weighted by molar-refractivity contribution is -0.156. The molecule has 0 aromatic carbocycles. The number of esters is 1. The van der Waals surface area contributed by atoms with E-state index in [0.717, 1.165) is 50.8 Å². The summed E-state index contributed by atoms with van der Waals surface area (Å²) in [6.07, 6.45) is 7.83. The molecule has 0 spiro atoms. The second-order valence-corrected chi connectivity index (χ2v) is 10.2. The van der Waals surface area contributed by atoms with Crippen LogP contribution >= 0.6 is 0 Å². The SMILES string of the molecule is CC(C)(C)OC(=O)CN(CCCCCCCCNC(=O)OC(C)(C)C)Cc1ccccn1. The Hall–Kier alpha value is -2.15. The number of pyridine rings is 1. The average molecular weight is 450 g/mol. The fraction of sp³-hybridized carbons (Fsp3) is 0.720. The van der Waals surface area contributed by atoms with E-state index in [1.807, 2.05) is 59.7 Å². The quantitative estimate of drug-likeness (QED) is 0.334. The number of unbranched alkanes of at least 4 members (excludes halogenated alkanes) is 5. The van der Waals surface area contributed by atoms with Gasteiger partial charge in [0.05, 0.1) is 12.2 Å². The molecule has 0 saturated carbocycles. The Morgan fingerprint density at radius 1 is 0.906 bits per heavy atom. The summed E-state index contributed by atoms with van der Waals surface area (Å²) in [6.45, 7) is 13.6. The maximum Gasteiger partial charge on any atom is 0.407 e. The van der Waals surface area contributed by atoms with Crippen LogP contribution in [0.3, 0.4) is 0 Å². The largest absolute Gasteiger partial charge is 0.459 e. The molecule has 1 heterocycles. The molecule has 1 amide bonds. The smallest absolute Gasteiger partial charge is 0.407 e. The number of amides is 1. The Bertz CT molecular complexity index is 666. The third kappa shape index (κ3) is 15.6. The standard InChI is InChI=1S/C25H43N3O4/c1-24(2,3)31-22(29)20-28(19-21-15-11-13-16-26-21)18-14-10-8-7-9-12-17-27-23(30)32-25(4,5)6/h11,13,15-16H,7-10,12,14,17-20H2,1-6H3,(H,27,30). The highest BCUT2D eigenvalue weighted by atomic mass is 16.6. The zero-order chi connectivity index (χ0) is 24.0. The summed E-state index contributed by atoms with van der Waals surface area (Å²) < 4.78 is 10.7. The fourth-order valence-electron chi connectivity index (χ4n) is 3.16. The van der Waals surface area contributed by atoms with E-state index in [1.54, 1.807) is 6.20 Å². The van der Waals surface area contributed by atoms with Crippen molar-refractivity contribution in [2.75, 3.05) is 19.6 Å². The summed E-state index contributed by atoms with van der Waals surface area (Å²) in [5, 5.41) is 2.80. The maximum absolute atomic E-state index is 12.3. The average Bonchev–Trinajstić information content (AvgIpc) is 2.64. The molecule has 0 aliphatic rings. The number of rotatable bonds is 13. The Kier molecular flexibility index (Phi) is 12.3. The zero-order valence-electron chi connectivity index (χ0n) is 20.9. The molecule has 0 radical (unpaired) electrons. The van der Waals surface area contributed by atoms with Gasteiger partial charge < -0.3 is 14.8 Å². The first-order valence-corrected chi connectivity index (χ1v) is 11.8. The Morgan fingerprint density at radius 3 is 2.12 bits per heavy atom. The monoisotopic (exact) mass is 449 g/mol. The van der Waals surface area contributed by atoms with E-state index in [9.17, 15) is 9.59 Å². The molecule has 0 fully saturated rings. The topological polar surface area (TPSA) is 80.8 Å². The van der Waals surface area contributed by atoms with Crippen LogP contribution in [0.15, 0.2) is 24.4 Å². The molecule has 0 aliphatic carbocycles. The van der Waals surface area contributed by atoms with Crippen molar-refractivity contribution in [1.29, 1.82) is 0 Å². The summed E-state index contributed by atoms with van der Waals surface area (Å²) in [7, 11) is 0. The third-order valence-corrected chi connectivity index (χ3v) is 4.45. The number of hydrogen-bond donors (Lipinski definition) is 1. The van der Waals surface area contributed by atoms with E-state index in [2.05, 4.69) is 15.2 Å². The van der Waals surface area contributed by atoms with Gasteiger partial charge in [0.2, 0.25) is 0 Å². The van der Waals surface area contributed by atoms with Crippen LogP contribution in [0.2, 0.25) is 0 Å². The summed E-state index contributed by atoms with van der Waals surface area (Å²) in [4.78, 5) is 30.4. The minimum absolute atomic E-state index is 0.203. The molecule has 7 nitrogen and oxygen atoms in total. The van der Waals surface area contributed by atoms with Gasteiger partial charge in [-0.3, -0.25) is 14.7 Å². The highest BCUT2D eigenvalue weighted by molar-refractivity contribution is 5.72. The van der Waals surface area contributed by atoms with Gasteiger partial charge in [0.1, 0.15) is 11.2 Å². The maximum atomic E-state index is 12.3. The normalized spacial score (nSPS) is 12.0. The van der Waals surface area contributed by atoms with E-state index < -0.39 is 11.2 Å². The molecule has 1 N–H and O–H groups in total. The molecule has 1 aromatic heterocycles. The molecular weight excluding hydrogens is 406 g/mol. The number of nitrogens with one attached hydrogen (secondary N) is 1. The molecule has 1 aromatic rings. The van der Waals surface area contributed by atoms with Crippen LogP contribution in [0.4, 0.5) is 4.79 Å². The highest BCUT2D eigenvalue weighted by Gasteiger charge is 2.19. The van der Waals surface area contributed by atoms with Crippen molar-refractivity contribution in [3.8, 4) is 0 Å². The van der Waals surface area contributed by atoms with Gasteiger partial charge in [-0.15, -0.1) is 0 Å². The molecular formula is C25H43N3O4. The van der Waals surface area contributed by atoms with Crippen LogP contribution in [0.25, 0.3) is 0 Å². The van der Waals surface area contributed by atoms with E-state index >= 15 is 0 Å². The van der Waals surface area contributed by atoms with Gasteiger partial charge >= 0.3 is 12.1 Å². The van der Waals surface area contributed by atoms with Crippen LogP contribution in [-0.4, -0.2) is 52.8 Å². The molecule has 0 aliphatic heterocycles. The number of nitrogens with zero attached hydrogens (tertiary/aromatic N) is 2. The Balaban J connectivity index is 2.25. The molecule has 7 heteroatoms. The lowest BCUT2D eigenvalue weighted by Gasteiger charge is -2.25. The van der Waals surface area contributed by atoms with E-state index in [4.69, 9.17) is 9.47 Å². The van der Waals surface area contributed by atoms with Crippen molar-refractivity contribution >= 4 is 12.1 Å². The van der Waals surface area contributed by atoms with Crippen LogP contribution in [0, 0.1) is 0 Å². The van der Waals surface area contributed by atoms with Crippen molar-refractivity contribution in [2.45, 2.75) is 97.8 Å². The van der Waals surface area contributed by atoms with Crippen molar-refractivity contribution in [3.63, 3.8) is 0 Å². The number of hydrogen-bond acceptors (Lipinski definition) is 6. The van der Waals surface area contributed by atoms with Crippen LogP contribution < -0.4 is 5.32 Å². The molecule has 182 valence electrons. The zero-order valence-corrected chi connectivity index (χ0v) is 20.9. The van der Waals surface area contributed by atoms with Gasteiger partial charge in [-0.1, -0.05) is 31.7 Å². The molecule has 0 bridgehead atoms. The van der Waals surface area contributed by atoms with Gasteiger partial charge in [-0.25, -0.2) is 4.79 Å². The van der Waals surface area contributed by atoms with Crippen molar-refractivity contribution < 1.29 is 19.1 Å². The second kappa shape index (κ2) is 14.1. The summed E-state index contributed by atoms with van der Waals surface area (Å²) >= 11 is 0. The van der Waals surface area contributed by atoms with Crippen LogP contribution in [0.5, 0.6) is 0 Å². The first kappa shape index (κ1) is 27.9. The first-order chi connectivity index (χ1) is 14.9. The Morgan fingerprint density at radius 2 is 1.53 bits per heavy atom. The van der Waals surface area contributed by atoms with E-state index in [0.29, 0.717) is 13.1 Å². The number of alkyl carbamates (subject to hydrolysis) is 1. The van der Waals surface area contributed by atoms with Crippen molar-refractivity contribution in [3.05, 3.63) is 30.1 Å². The third-order valence-electron chi connectivity index (χ3n) is 4.45. The van der Waals surface area contributed by atoms with Gasteiger partial charge in [-0.2, -0.15) is 0 Å². The van der Waals surface area contributed by atoms with Crippen molar-refractivity contribution in [1.82, 2.24) is 15.2 Å². The number of ether oxygens (including phenoxy) is 2. The predicted octanol–water partition coefficient (Wildman–Crippen LogP) is 5.09. The lowest BCUT2D eigenvalue weighted by Crippen LogP contribution is -2.35. The summed E-state index contributed by atoms with van der Waals surface area (Å²) in [6, 6.07) is 5.84. The fourth-order valence-corrected chi connectivity index (χ4v) is 3.16. The molecule has 0 unspecified atom stereocenters. The number of aromatic nitrogens is 1. The van der Waals surface area contributed by atoms with Gasteiger partial charge in [0.15, 0.2) is 0 Å². The van der Waals surface area contributed by atoms with Gasteiger partial charge in [-0.05, 0) is 73.1 Å². The van der Waals surface area contributed by atoms with E-state index in [1.165, 1.54) is 0 Å². The minimum Gasteiger partial charge on any atom is -0.459 e. The van der Waals surface area contributed by atoms with E-state index in [-0.39, 0.29) is 18.6 Å². The first-order valence-electron chi connectivity index (χ1n) is 11.8. The Labute approximate surface area is 194 Å².